The van der Waals surface area contributed by atoms with Crippen LogP contribution in [0.5, 0.6) is 0 Å². The molecule has 3 unspecified atom stereocenters. The van der Waals surface area contributed by atoms with Gasteiger partial charge in [-0.25, -0.2) is 9.79 Å². The smallest absolute Gasteiger partial charge is 0.408 e. The third kappa shape index (κ3) is 6.03. The number of hydrogen-bond acceptors (Lipinski definition) is 8. The van der Waals surface area contributed by atoms with Gasteiger partial charge in [-0.1, -0.05) is 32.4 Å². The van der Waals surface area contributed by atoms with Crippen molar-refractivity contribution in [3.63, 3.8) is 0 Å². The van der Waals surface area contributed by atoms with Crippen molar-refractivity contribution in [3.8, 4) is 0 Å². The zero-order chi connectivity index (χ0) is 36.0. The molecule has 2 aromatic heterocycles. The van der Waals surface area contributed by atoms with Gasteiger partial charge < -0.3 is 25.5 Å². The average Bonchev–Trinajstić information content (AvgIpc) is 3.49. The first-order valence-corrected chi connectivity index (χ1v) is 17.4. The summed E-state index contributed by atoms with van der Waals surface area (Å²) in [5.74, 6) is -0.185. The van der Waals surface area contributed by atoms with E-state index in [-0.39, 0.29) is 24.1 Å². The van der Waals surface area contributed by atoms with E-state index in [0.717, 1.165) is 33.7 Å². The van der Waals surface area contributed by atoms with Crippen LogP contribution in [0.2, 0.25) is 0 Å². The minimum atomic E-state index is -1.04. The van der Waals surface area contributed by atoms with E-state index in [1.165, 1.54) is 4.90 Å². The van der Waals surface area contributed by atoms with Gasteiger partial charge in [0.15, 0.2) is 0 Å². The van der Waals surface area contributed by atoms with Crippen LogP contribution in [0.15, 0.2) is 63.6 Å². The third-order valence-corrected chi connectivity index (χ3v) is 11.1. The quantitative estimate of drug-likeness (QED) is 0.343. The van der Waals surface area contributed by atoms with Crippen molar-refractivity contribution in [2.75, 3.05) is 45.9 Å². The Morgan fingerprint density at radius 3 is 2.54 bits per heavy atom. The van der Waals surface area contributed by atoms with Gasteiger partial charge in [-0.15, -0.1) is 0 Å². The lowest BCUT2D eigenvalue weighted by atomic mass is 9.68. The number of hydrogen-bond donors (Lipinski definition) is 4. The molecular formula is C38H49N7O5. The van der Waals surface area contributed by atoms with Gasteiger partial charge in [-0.05, 0) is 74.6 Å². The van der Waals surface area contributed by atoms with Gasteiger partial charge in [-0.3, -0.25) is 24.4 Å². The van der Waals surface area contributed by atoms with Crippen molar-refractivity contribution < 1.29 is 19.4 Å². The second-order valence-electron chi connectivity index (χ2n) is 14.9. The number of rotatable bonds is 7. The number of pyridine rings is 2. The maximum atomic E-state index is 14.6. The molecule has 0 aromatic carbocycles. The molecule has 0 saturated carbocycles. The minimum absolute atomic E-state index is 0.105. The molecule has 266 valence electrons. The first-order valence-electron chi connectivity index (χ1n) is 17.4. The van der Waals surface area contributed by atoms with Crippen LogP contribution >= 0.6 is 0 Å². The van der Waals surface area contributed by atoms with Crippen LogP contribution < -0.4 is 16.2 Å². The molecule has 4 aliphatic rings. The van der Waals surface area contributed by atoms with Crippen molar-refractivity contribution in [1.29, 1.82) is 0 Å². The Kier molecular flexibility index (Phi) is 9.49. The molecule has 12 nitrogen and oxygen atoms in total. The summed E-state index contributed by atoms with van der Waals surface area (Å²) in [5.41, 5.74) is 4.15. The number of piperazine rings is 1. The highest BCUT2D eigenvalue weighted by Gasteiger charge is 2.53. The first-order chi connectivity index (χ1) is 23.7. The maximum Gasteiger partial charge on any atom is 0.408 e. The normalized spacial score (nSPS) is 24.8. The molecule has 5 heterocycles. The van der Waals surface area contributed by atoms with Gasteiger partial charge in [0.2, 0.25) is 5.91 Å². The molecular weight excluding hydrogens is 634 g/mol. The topological polar surface area (TPSA) is 152 Å². The van der Waals surface area contributed by atoms with Crippen molar-refractivity contribution >= 4 is 23.4 Å². The molecule has 50 heavy (non-hydrogen) atoms. The fourth-order valence-corrected chi connectivity index (χ4v) is 8.17. The molecule has 0 spiro atoms. The number of amides is 2. The van der Waals surface area contributed by atoms with Crippen molar-refractivity contribution in [2.24, 2.45) is 15.8 Å². The number of aliphatic imine (C=N–C) groups is 1. The first kappa shape index (κ1) is 35.4. The van der Waals surface area contributed by atoms with E-state index in [1.54, 1.807) is 6.20 Å². The zero-order valence-corrected chi connectivity index (χ0v) is 30.1. The number of aryl methyl sites for hydroxylation is 2. The van der Waals surface area contributed by atoms with E-state index in [1.807, 2.05) is 78.0 Å². The van der Waals surface area contributed by atoms with Crippen molar-refractivity contribution in [2.45, 2.75) is 66.6 Å². The van der Waals surface area contributed by atoms with Crippen LogP contribution in [0.25, 0.3) is 5.70 Å². The Hall–Kier alpha value is -4.39. The molecule has 12 heteroatoms. The van der Waals surface area contributed by atoms with Gasteiger partial charge >= 0.3 is 6.09 Å². The molecule has 2 fully saturated rings. The Bertz CT molecular complexity index is 1880. The number of carboxylic acid groups (broad SMARTS) is 1. The molecule has 4 N–H and O–H groups in total. The summed E-state index contributed by atoms with van der Waals surface area (Å²) < 4.78 is 5.65. The predicted octanol–water partition coefficient (Wildman–Crippen LogP) is 3.92. The second-order valence-corrected chi connectivity index (χ2v) is 14.9. The molecule has 3 aliphatic heterocycles. The van der Waals surface area contributed by atoms with Gasteiger partial charge in [0.25, 0.3) is 5.56 Å². The van der Waals surface area contributed by atoms with E-state index >= 15 is 0 Å². The van der Waals surface area contributed by atoms with Crippen LogP contribution in [0.4, 0.5) is 4.79 Å². The second kappa shape index (κ2) is 13.4. The molecule has 3 atom stereocenters. The molecule has 0 bridgehead atoms. The van der Waals surface area contributed by atoms with Gasteiger partial charge in [0.05, 0.1) is 30.3 Å². The van der Waals surface area contributed by atoms with E-state index in [0.29, 0.717) is 62.9 Å². The maximum absolute atomic E-state index is 14.6. The van der Waals surface area contributed by atoms with Crippen LogP contribution in [0, 0.1) is 24.7 Å². The highest BCUT2D eigenvalue weighted by atomic mass is 16.5. The molecule has 2 saturated heterocycles. The number of carbonyl (C=O) groups is 2. The Morgan fingerprint density at radius 1 is 1.12 bits per heavy atom. The molecule has 6 rings (SSSR count). The highest BCUT2D eigenvalue weighted by molar-refractivity contribution is 6.19. The lowest BCUT2D eigenvalue weighted by Crippen LogP contribution is -2.66. The summed E-state index contributed by atoms with van der Waals surface area (Å²) in [6.07, 6.45) is 6.77. The summed E-state index contributed by atoms with van der Waals surface area (Å²) in [5, 5.41) is 16.8. The number of morpholine rings is 1. The largest absolute Gasteiger partial charge is 0.465 e. The standard InChI is InChI=1S/C38H49N7O5/c1-23-16-25(3)42-33(46)29(23)21-41-34(47)37(26(4)44-12-14-50-15-13-44)20-28-18-31(43-30(28)17-24(37)2)27-8-9-40-32(19-27)38(36(5,6)7)22-39-10-11-45(38)35(48)49/h8-9,16-20,26,39H,10-15,21-22H2,1-7H3,(H,41,47)(H,42,46)(H,48,49). The van der Waals surface area contributed by atoms with Gasteiger partial charge in [0.1, 0.15) is 11.0 Å². The van der Waals surface area contributed by atoms with E-state index in [9.17, 15) is 19.5 Å². The number of carbonyl (C=O) groups excluding carboxylic acids is 1. The Labute approximate surface area is 293 Å². The van der Waals surface area contributed by atoms with E-state index in [4.69, 9.17) is 14.7 Å². The number of aromatic nitrogens is 2. The van der Waals surface area contributed by atoms with E-state index in [2.05, 4.69) is 27.4 Å². The molecule has 2 amide bonds. The highest BCUT2D eigenvalue weighted by Crippen LogP contribution is 2.46. The summed E-state index contributed by atoms with van der Waals surface area (Å²) in [6, 6.07) is 5.54. The summed E-state index contributed by atoms with van der Waals surface area (Å²) in [4.78, 5) is 56.4. The Balaban J connectivity index is 1.40. The third-order valence-electron chi connectivity index (χ3n) is 11.1. The summed E-state index contributed by atoms with van der Waals surface area (Å²) in [6.45, 7) is 17.9. The summed E-state index contributed by atoms with van der Waals surface area (Å²) in [7, 11) is 0. The monoisotopic (exact) mass is 683 g/mol. The van der Waals surface area contributed by atoms with E-state index < -0.39 is 22.5 Å². The number of nitrogens with one attached hydrogen (secondary N) is 3. The number of ether oxygens (including phenoxy) is 1. The predicted molar refractivity (Wildman–Crippen MR) is 193 cm³/mol. The average molecular weight is 684 g/mol. The SMILES string of the molecule is CC1=CC2=NC(c3ccnc(C4(C(C)(C)C)CNCCN4C(=O)O)c3)=CC2=CC1(C(=O)NCc1c(C)cc(C)[nH]c1=O)C(C)N1CCOCC1. The lowest BCUT2D eigenvalue weighted by Gasteiger charge is -2.53. The lowest BCUT2D eigenvalue weighted by molar-refractivity contribution is -0.130. The van der Waals surface area contributed by atoms with Gasteiger partial charge in [0, 0.05) is 68.3 Å². The fraction of sp³-hybridized carbons (Fsp3) is 0.500. The minimum Gasteiger partial charge on any atom is -0.465 e. The fourth-order valence-electron chi connectivity index (χ4n) is 8.17. The van der Waals surface area contributed by atoms with Crippen LogP contribution in [-0.4, -0.2) is 94.6 Å². The zero-order valence-electron chi connectivity index (χ0n) is 30.1. The van der Waals surface area contributed by atoms with Crippen molar-refractivity contribution in [1.82, 2.24) is 30.4 Å². The van der Waals surface area contributed by atoms with Gasteiger partial charge in [-0.2, -0.15) is 0 Å². The number of H-pyrrole nitrogens is 1. The number of allylic oxidation sites excluding steroid dienone is 3. The van der Waals surface area contributed by atoms with Crippen LogP contribution in [0.3, 0.4) is 0 Å². The summed E-state index contributed by atoms with van der Waals surface area (Å²) >= 11 is 0. The van der Waals surface area contributed by atoms with Crippen LogP contribution in [-0.2, 0) is 21.6 Å². The number of fused-ring (bicyclic) bond motifs is 1. The Morgan fingerprint density at radius 2 is 1.86 bits per heavy atom. The van der Waals surface area contributed by atoms with Crippen molar-refractivity contribution in [3.05, 3.63) is 92.2 Å². The molecule has 0 radical (unpaired) electrons. The molecule has 2 aromatic rings. The van der Waals surface area contributed by atoms with Crippen LogP contribution in [0.1, 0.15) is 62.7 Å². The number of aromatic amines is 1. The molecule has 1 aliphatic carbocycles. The number of nitrogens with zero attached hydrogens (tertiary/aromatic N) is 4.